The standard InChI is InChI=1S/C25H16Cl3N3O/c1-32-19-12-10-15(11-13-19)21-23(27)29-25-20(17-8-5-9-18(26)14-17)22(30-31(25)24(21)28)16-6-3-2-4-7-16/h2-14H,1H3. The van der Waals surface area contributed by atoms with Crippen LogP contribution in [0, 0.1) is 0 Å². The van der Waals surface area contributed by atoms with Gasteiger partial charge in [0.25, 0.3) is 0 Å². The molecule has 2 aromatic heterocycles. The highest BCUT2D eigenvalue weighted by molar-refractivity contribution is 6.38. The summed E-state index contributed by atoms with van der Waals surface area (Å²) in [5, 5.41) is 6.12. The van der Waals surface area contributed by atoms with Gasteiger partial charge in [-0.15, -0.1) is 0 Å². The van der Waals surface area contributed by atoms with Gasteiger partial charge in [-0.05, 0) is 35.4 Å². The van der Waals surface area contributed by atoms with Crippen molar-refractivity contribution in [2.45, 2.75) is 0 Å². The monoisotopic (exact) mass is 479 g/mol. The summed E-state index contributed by atoms with van der Waals surface area (Å²) in [5.74, 6) is 0.740. The number of halogens is 3. The molecule has 158 valence electrons. The quantitative estimate of drug-likeness (QED) is 0.247. The summed E-state index contributed by atoms with van der Waals surface area (Å²) in [6, 6.07) is 24.9. The summed E-state index contributed by atoms with van der Waals surface area (Å²) >= 11 is 19.8. The predicted molar refractivity (Wildman–Crippen MR) is 131 cm³/mol. The van der Waals surface area contributed by atoms with Crippen LogP contribution < -0.4 is 4.74 Å². The summed E-state index contributed by atoms with van der Waals surface area (Å²) in [4.78, 5) is 4.71. The first-order valence-electron chi connectivity index (χ1n) is 9.80. The van der Waals surface area contributed by atoms with Crippen LogP contribution in [0.15, 0.2) is 78.9 Å². The zero-order valence-electron chi connectivity index (χ0n) is 16.9. The van der Waals surface area contributed by atoms with Crippen molar-refractivity contribution >= 4 is 40.4 Å². The van der Waals surface area contributed by atoms with E-state index in [1.54, 1.807) is 11.6 Å². The van der Waals surface area contributed by atoms with Crippen LogP contribution in [0.25, 0.3) is 39.2 Å². The average Bonchev–Trinajstić information content (AvgIpc) is 3.20. The van der Waals surface area contributed by atoms with Crippen molar-refractivity contribution in [1.82, 2.24) is 14.6 Å². The molecular formula is C25H16Cl3N3O. The molecule has 5 aromatic rings. The lowest BCUT2D eigenvalue weighted by Crippen LogP contribution is -1.97. The van der Waals surface area contributed by atoms with Gasteiger partial charge >= 0.3 is 0 Å². The zero-order chi connectivity index (χ0) is 22.2. The van der Waals surface area contributed by atoms with E-state index >= 15 is 0 Å². The van der Waals surface area contributed by atoms with Crippen molar-refractivity contribution in [3.8, 4) is 39.3 Å². The first-order valence-corrected chi connectivity index (χ1v) is 10.9. The van der Waals surface area contributed by atoms with E-state index in [1.807, 2.05) is 78.9 Å². The van der Waals surface area contributed by atoms with Crippen molar-refractivity contribution in [1.29, 1.82) is 0 Å². The Bertz CT molecular complexity index is 1430. The summed E-state index contributed by atoms with van der Waals surface area (Å²) in [6.07, 6.45) is 0. The van der Waals surface area contributed by atoms with Gasteiger partial charge in [0, 0.05) is 10.6 Å². The third-order valence-corrected chi connectivity index (χ3v) is 6.06. The van der Waals surface area contributed by atoms with Crippen molar-refractivity contribution in [3.63, 3.8) is 0 Å². The molecule has 0 unspecified atom stereocenters. The van der Waals surface area contributed by atoms with Gasteiger partial charge in [0.2, 0.25) is 0 Å². The van der Waals surface area contributed by atoms with Gasteiger partial charge in [0.15, 0.2) is 5.65 Å². The number of hydrogen-bond donors (Lipinski definition) is 0. The molecular weight excluding hydrogens is 465 g/mol. The topological polar surface area (TPSA) is 39.4 Å². The van der Waals surface area contributed by atoms with E-state index < -0.39 is 0 Å². The highest BCUT2D eigenvalue weighted by atomic mass is 35.5. The zero-order valence-corrected chi connectivity index (χ0v) is 19.2. The van der Waals surface area contributed by atoms with Gasteiger partial charge in [-0.2, -0.15) is 5.10 Å². The van der Waals surface area contributed by atoms with Crippen LogP contribution in [0.3, 0.4) is 0 Å². The van der Waals surface area contributed by atoms with Crippen molar-refractivity contribution in [2.24, 2.45) is 0 Å². The maximum atomic E-state index is 6.87. The fourth-order valence-corrected chi connectivity index (χ4v) is 4.53. The van der Waals surface area contributed by atoms with Crippen molar-refractivity contribution in [2.75, 3.05) is 7.11 Å². The van der Waals surface area contributed by atoms with E-state index in [9.17, 15) is 0 Å². The fraction of sp³-hybridized carbons (Fsp3) is 0.0400. The second-order valence-electron chi connectivity index (χ2n) is 7.13. The summed E-state index contributed by atoms with van der Waals surface area (Å²) in [5.41, 5.74) is 5.33. The lowest BCUT2D eigenvalue weighted by molar-refractivity contribution is 0.415. The maximum Gasteiger partial charge on any atom is 0.166 e. The number of methoxy groups -OCH3 is 1. The van der Waals surface area contributed by atoms with E-state index in [1.165, 1.54) is 0 Å². The highest BCUT2D eigenvalue weighted by Gasteiger charge is 2.23. The molecule has 0 aliphatic carbocycles. The molecule has 0 N–H and O–H groups in total. The Hall–Kier alpha value is -3.05. The van der Waals surface area contributed by atoms with Crippen LogP contribution in [0.2, 0.25) is 15.3 Å². The molecule has 0 fully saturated rings. The van der Waals surface area contributed by atoms with Gasteiger partial charge in [-0.3, -0.25) is 0 Å². The third kappa shape index (κ3) is 3.61. The molecule has 0 radical (unpaired) electrons. The summed E-state index contributed by atoms with van der Waals surface area (Å²) in [6.45, 7) is 0. The molecule has 0 aliphatic heterocycles. The Labute approximate surface area is 200 Å². The predicted octanol–water partition coefficient (Wildman–Crippen LogP) is 7.70. The SMILES string of the molecule is COc1ccc(-c2c(Cl)nc3c(-c4cccc(Cl)c4)c(-c4ccccc4)nn3c2Cl)cc1. The van der Waals surface area contributed by atoms with Gasteiger partial charge in [-0.25, -0.2) is 9.50 Å². The number of benzene rings is 3. The Morgan fingerprint density at radius 1 is 0.750 bits per heavy atom. The smallest absolute Gasteiger partial charge is 0.166 e. The third-order valence-electron chi connectivity index (χ3n) is 5.20. The molecule has 0 atom stereocenters. The second kappa shape index (κ2) is 8.47. The summed E-state index contributed by atoms with van der Waals surface area (Å²) < 4.78 is 6.88. The number of aromatic nitrogens is 3. The Kier molecular flexibility index (Phi) is 5.51. The number of hydrogen-bond acceptors (Lipinski definition) is 3. The van der Waals surface area contributed by atoms with Gasteiger partial charge in [0.05, 0.1) is 18.2 Å². The molecule has 0 spiro atoms. The number of nitrogens with zero attached hydrogens (tertiary/aromatic N) is 3. The molecule has 0 amide bonds. The van der Waals surface area contributed by atoms with Gasteiger partial charge in [0.1, 0.15) is 21.7 Å². The van der Waals surface area contributed by atoms with Crippen molar-refractivity contribution < 1.29 is 4.74 Å². The minimum absolute atomic E-state index is 0.287. The average molecular weight is 481 g/mol. The highest BCUT2D eigenvalue weighted by Crippen LogP contribution is 2.41. The van der Waals surface area contributed by atoms with Crippen LogP contribution in [0.4, 0.5) is 0 Å². The van der Waals surface area contributed by atoms with Crippen molar-refractivity contribution in [3.05, 3.63) is 94.2 Å². The largest absolute Gasteiger partial charge is 0.497 e. The molecule has 0 bridgehead atoms. The molecule has 4 nitrogen and oxygen atoms in total. The second-order valence-corrected chi connectivity index (χ2v) is 8.28. The molecule has 5 rings (SSSR count). The molecule has 0 saturated carbocycles. The first-order chi connectivity index (χ1) is 15.6. The number of ether oxygens (including phenoxy) is 1. The molecule has 2 heterocycles. The van der Waals surface area contributed by atoms with E-state index in [0.717, 1.165) is 33.7 Å². The lowest BCUT2D eigenvalue weighted by Gasteiger charge is -2.10. The normalized spacial score (nSPS) is 11.1. The number of rotatable bonds is 4. The van der Waals surface area contributed by atoms with E-state index in [-0.39, 0.29) is 5.15 Å². The van der Waals surface area contributed by atoms with Crippen LogP contribution >= 0.6 is 34.8 Å². The Morgan fingerprint density at radius 3 is 2.16 bits per heavy atom. The van der Waals surface area contributed by atoms with E-state index in [2.05, 4.69) is 0 Å². The minimum Gasteiger partial charge on any atom is -0.497 e. The molecule has 32 heavy (non-hydrogen) atoms. The van der Waals surface area contributed by atoms with Crippen LogP contribution in [0.5, 0.6) is 5.75 Å². The Balaban J connectivity index is 1.82. The lowest BCUT2D eigenvalue weighted by atomic mass is 10.0. The molecule has 0 aliphatic rings. The molecule has 0 saturated heterocycles. The van der Waals surface area contributed by atoms with Gasteiger partial charge < -0.3 is 4.74 Å². The Morgan fingerprint density at radius 2 is 1.47 bits per heavy atom. The van der Waals surface area contributed by atoms with Crippen LogP contribution in [-0.2, 0) is 0 Å². The van der Waals surface area contributed by atoms with Crippen LogP contribution in [-0.4, -0.2) is 21.7 Å². The maximum absolute atomic E-state index is 6.87. The summed E-state index contributed by atoms with van der Waals surface area (Å²) in [7, 11) is 1.62. The minimum atomic E-state index is 0.287. The van der Waals surface area contributed by atoms with E-state index in [4.69, 9.17) is 49.6 Å². The van der Waals surface area contributed by atoms with E-state index in [0.29, 0.717) is 21.4 Å². The molecule has 3 aromatic carbocycles. The van der Waals surface area contributed by atoms with Gasteiger partial charge in [-0.1, -0.05) is 89.4 Å². The molecule has 7 heteroatoms. The first kappa shape index (κ1) is 20.8. The van der Waals surface area contributed by atoms with Crippen LogP contribution in [0.1, 0.15) is 0 Å². The number of fused-ring (bicyclic) bond motifs is 1. The fourth-order valence-electron chi connectivity index (χ4n) is 3.69.